The molecule has 0 fully saturated rings. The van der Waals surface area contributed by atoms with Gasteiger partial charge in [0, 0.05) is 21.9 Å². The van der Waals surface area contributed by atoms with Crippen molar-refractivity contribution in [1.82, 2.24) is 9.78 Å². The summed E-state index contributed by atoms with van der Waals surface area (Å²) in [6, 6.07) is 13.7. The summed E-state index contributed by atoms with van der Waals surface area (Å²) in [6.45, 7) is 4.35. The topological polar surface area (TPSA) is 75.8 Å². The second-order valence-corrected chi connectivity index (χ2v) is 9.06. The first-order valence-corrected chi connectivity index (χ1v) is 10.7. The summed E-state index contributed by atoms with van der Waals surface area (Å²) in [6.07, 6.45) is 0. The minimum Gasteiger partial charge on any atom is -0.265 e. The van der Waals surface area contributed by atoms with Crippen molar-refractivity contribution in [2.24, 2.45) is 0 Å². The summed E-state index contributed by atoms with van der Waals surface area (Å²) in [5.74, 6) is 0. The number of nitriles is 1. The zero-order valence-electron chi connectivity index (χ0n) is 14.6. The van der Waals surface area contributed by atoms with Crippen molar-refractivity contribution >= 4 is 31.3 Å². The molecule has 0 atom stereocenters. The van der Waals surface area contributed by atoms with E-state index in [0.29, 0.717) is 17.1 Å². The smallest absolute Gasteiger partial charge is 0.261 e. The van der Waals surface area contributed by atoms with Crippen LogP contribution in [0.5, 0.6) is 0 Å². The fraction of sp³-hybridized carbons (Fsp3) is 0.158. The van der Waals surface area contributed by atoms with Crippen molar-refractivity contribution < 1.29 is 8.42 Å². The summed E-state index contributed by atoms with van der Waals surface area (Å²) < 4.78 is 24.6. The van der Waals surface area contributed by atoms with Gasteiger partial charge in [-0.3, -0.25) is 4.68 Å². The Morgan fingerprint density at radius 1 is 1.15 bits per heavy atom. The lowest BCUT2D eigenvalue weighted by atomic mass is 10.0. The van der Waals surface area contributed by atoms with Crippen molar-refractivity contribution in [3.8, 4) is 17.2 Å². The molecule has 3 rings (SSSR count). The van der Waals surface area contributed by atoms with E-state index in [1.165, 1.54) is 12.1 Å². The molecule has 2 aromatic carbocycles. The Balaban J connectivity index is 1.94. The van der Waals surface area contributed by atoms with Gasteiger partial charge in [0.15, 0.2) is 0 Å². The average molecular weight is 420 g/mol. The highest BCUT2D eigenvalue weighted by Gasteiger charge is 2.15. The maximum Gasteiger partial charge on any atom is 0.261 e. The van der Waals surface area contributed by atoms with Gasteiger partial charge in [-0.2, -0.15) is 10.4 Å². The van der Waals surface area contributed by atoms with Gasteiger partial charge in [0.2, 0.25) is 0 Å². The highest BCUT2D eigenvalue weighted by molar-refractivity contribution is 8.13. The van der Waals surface area contributed by atoms with Gasteiger partial charge in [-0.05, 0) is 49.2 Å². The molecule has 0 saturated heterocycles. The van der Waals surface area contributed by atoms with Crippen LogP contribution in [0.25, 0.3) is 11.1 Å². The van der Waals surface area contributed by atoms with Crippen molar-refractivity contribution in [2.75, 3.05) is 0 Å². The second-order valence-electron chi connectivity index (χ2n) is 6.09. The summed E-state index contributed by atoms with van der Waals surface area (Å²) in [5, 5.41) is 14.0. The van der Waals surface area contributed by atoms with E-state index >= 15 is 0 Å². The molecule has 3 aromatic rings. The molecule has 0 aliphatic carbocycles. The lowest BCUT2D eigenvalue weighted by Gasteiger charge is -2.07. The van der Waals surface area contributed by atoms with Crippen molar-refractivity contribution in [1.29, 1.82) is 5.26 Å². The Morgan fingerprint density at radius 2 is 1.81 bits per heavy atom. The molecule has 0 spiro atoms. The van der Waals surface area contributed by atoms with E-state index in [-0.39, 0.29) is 4.90 Å². The molecular weight excluding hydrogens is 405 g/mol. The van der Waals surface area contributed by atoms with E-state index in [1.54, 1.807) is 24.3 Å². The van der Waals surface area contributed by atoms with Crippen LogP contribution in [0.1, 0.15) is 22.5 Å². The molecule has 1 heterocycles. The highest BCUT2D eigenvalue weighted by Crippen LogP contribution is 2.30. The lowest BCUT2D eigenvalue weighted by Crippen LogP contribution is -2.04. The molecule has 1 aromatic heterocycles. The first-order chi connectivity index (χ1) is 12.7. The lowest BCUT2D eigenvalue weighted by molar-refractivity contribution is 0.609. The van der Waals surface area contributed by atoms with E-state index in [9.17, 15) is 8.42 Å². The van der Waals surface area contributed by atoms with Gasteiger partial charge < -0.3 is 0 Å². The van der Waals surface area contributed by atoms with E-state index in [1.807, 2.05) is 24.6 Å². The number of halogens is 2. The Bertz CT molecular complexity index is 1160. The quantitative estimate of drug-likeness (QED) is 0.575. The average Bonchev–Trinajstić information content (AvgIpc) is 2.88. The third-order valence-corrected chi connectivity index (χ3v) is 5.98. The van der Waals surface area contributed by atoms with Crippen molar-refractivity contribution in [3.63, 3.8) is 0 Å². The minimum atomic E-state index is -3.73. The number of aromatic nitrogens is 2. The molecule has 0 bridgehead atoms. The standard InChI is InChI=1S/C19H15Cl2N3O2S/c1-12-19(15-5-6-16(10-22)18(20)9-15)13(2)24(23-12)11-14-3-7-17(8-4-14)27(21,25)26/h3-9H,11H2,1-2H3. The molecule has 5 nitrogen and oxygen atoms in total. The molecule has 27 heavy (non-hydrogen) atoms. The maximum atomic E-state index is 11.4. The van der Waals surface area contributed by atoms with Crippen LogP contribution in [0.4, 0.5) is 0 Å². The van der Waals surface area contributed by atoms with Crippen LogP contribution in [0.3, 0.4) is 0 Å². The van der Waals surface area contributed by atoms with Crippen LogP contribution >= 0.6 is 22.3 Å². The fourth-order valence-electron chi connectivity index (χ4n) is 2.96. The second kappa shape index (κ2) is 7.35. The van der Waals surface area contributed by atoms with E-state index in [4.69, 9.17) is 27.5 Å². The van der Waals surface area contributed by atoms with Crippen LogP contribution in [-0.4, -0.2) is 18.2 Å². The number of hydrogen-bond acceptors (Lipinski definition) is 4. The van der Waals surface area contributed by atoms with Gasteiger partial charge in [0.1, 0.15) is 6.07 Å². The van der Waals surface area contributed by atoms with E-state index < -0.39 is 9.05 Å². The molecule has 8 heteroatoms. The molecule has 0 radical (unpaired) electrons. The van der Waals surface area contributed by atoms with Crippen LogP contribution in [0.15, 0.2) is 47.4 Å². The van der Waals surface area contributed by atoms with Crippen LogP contribution in [0.2, 0.25) is 5.02 Å². The number of benzene rings is 2. The Morgan fingerprint density at radius 3 is 2.37 bits per heavy atom. The Kier molecular flexibility index (Phi) is 5.29. The van der Waals surface area contributed by atoms with Gasteiger partial charge in [0.25, 0.3) is 9.05 Å². The number of nitrogens with zero attached hydrogens (tertiary/aromatic N) is 3. The Labute approximate surface area is 167 Å². The molecule has 0 N–H and O–H groups in total. The normalized spacial score (nSPS) is 11.4. The maximum absolute atomic E-state index is 11.4. The molecule has 138 valence electrons. The molecule has 0 saturated carbocycles. The Hall–Kier alpha value is -2.33. The van der Waals surface area contributed by atoms with Crippen LogP contribution in [-0.2, 0) is 15.6 Å². The summed E-state index contributed by atoms with van der Waals surface area (Å²) in [5.41, 5.74) is 4.97. The number of rotatable bonds is 4. The summed E-state index contributed by atoms with van der Waals surface area (Å²) >= 11 is 6.16. The first-order valence-electron chi connectivity index (χ1n) is 7.98. The van der Waals surface area contributed by atoms with Gasteiger partial charge in [-0.15, -0.1) is 0 Å². The first kappa shape index (κ1) is 19.4. The number of hydrogen-bond donors (Lipinski definition) is 0. The molecule has 0 unspecified atom stereocenters. The predicted octanol–water partition coefficient (Wildman–Crippen LogP) is 4.67. The third-order valence-electron chi connectivity index (χ3n) is 4.30. The summed E-state index contributed by atoms with van der Waals surface area (Å²) in [4.78, 5) is 0.0641. The minimum absolute atomic E-state index is 0.0641. The van der Waals surface area contributed by atoms with Gasteiger partial charge in [0.05, 0.1) is 27.7 Å². The molecular formula is C19H15Cl2N3O2S. The molecule has 0 aliphatic heterocycles. The summed E-state index contributed by atoms with van der Waals surface area (Å²) in [7, 11) is 1.61. The van der Waals surface area contributed by atoms with Crippen molar-refractivity contribution in [2.45, 2.75) is 25.3 Å². The van der Waals surface area contributed by atoms with E-state index in [2.05, 4.69) is 11.2 Å². The monoisotopic (exact) mass is 419 g/mol. The van der Waals surface area contributed by atoms with Gasteiger partial charge in [-0.25, -0.2) is 8.42 Å². The zero-order chi connectivity index (χ0) is 19.8. The highest BCUT2D eigenvalue weighted by atomic mass is 35.7. The SMILES string of the molecule is Cc1nn(Cc2ccc(S(=O)(=O)Cl)cc2)c(C)c1-c1ccc(C#N)c(Cl)c1. The van der Waals surface area contributed by atoms with E-state index in [0.717, 1.165) is 28.1 Å². The molecule has 0 amide bonds. The predicted molar refractivity (Wildman–Crippen MR) is 105 cm³/mol. The largest absolute Gasteiger partial charge is 0.265 e. The van der Waals surface area contributed by atoms with Crippen LogP contribution in [0, 0.1) is 25.2 Å². The zero-order valence-corrected chi connectivity index (χ0v) is 16.9. The molecule has 0 aliphatic rings. The fourth-order valence-corrected chi connectivity index (χ4v) is 3.95. The van der Waals surface area contributed by atoms with Crippen LogP contribution < -0.4 is 0 Å². The van der Waals surface area contributed by atoms with Gasteiger partial charge in [-0.1, -0.05) is 29.8 Å². The van der Waals surface area contributed by atoms with Crippen molar-refractivity contribution in [3.05, 3.63) is 70.0 Å². The number of aryl methyl sites for hydroxylation is 1. The van der Waals surface area contributed by atoms with Gasteiger partial charge >= 0.3 is 0 Å². The third kappa shape index (κ3) is 4.01.